The lowest BCUT2D eigenvalue weighted by Gasteiger charge is -1.93. The molecule has 58 valence electrons. The summed E-state index contributed by atoms with van der Waals surface area (Å²) in [6.07, 6.45) is 2.77. The number of oxime groups is 1. The topological polar surface area (TPSA) is 48.4 Å². The van der Waals surface area contributed by atoms with Gasteiger partial charge in [0.15, 0.2) is 0 Å². The van der Waals surface area contributed by atoms with Gasteiger partial charge in [-0.15, -0.1) is 0 Å². The molecule has 0 bridgehead atoms. The molecule has 0 saturated carbocycles. The first-order valence-corrected chi connectivity index (χ1v) is 3.58. The van der Waals surface area contributed by atoms with Crippen LogP contribution in [0.25, 0.3) is 0 Å². The van der Waals surface area contributed by atoms with Crippen molar-refractivity contribution in [3.63, 3.8) is 0 Å². The van der Waals surface area contributed by atoms with Crippen molar-refractivity contribution in [1.82, 2.24) is 4.98 Å². The number of halogens is 1. The fourth-order valence-electron chi connectivity index (χ4n) is 0.631. The van der Waals surface area contributed by atoms with E-state index in [1.54, 1.807) is 12.3 Å². The SMILES string of the molecule is ON=Cc1cc(=S)[nH]cc1Cl. The molecule has 11 heavy (non-hydrogen) atoms. The van der Waals surface area contributed by atoms with Crippen LogP contribution < -0.4 is 0 Å². The molecule has 0 atom stereocenters. The number of nitrogens with zero attached hydrogens (tertiary/aromatic N) is 1. The molecule has 3 nitrogen and oxygen atoms in total. The molecule has 1 rings (SSSR count). The van der Waals surface area contributed by atoms with Crippen molar-refractivity contribution in [3.8, 4) is 0 Å². The van der Waals surface area contributed by atoms with Crippen LogP contribution in [0, 0.1) is 4.64 Å². The van der Waals surface area contributed by atoms with Crippen molar-refractivity contribution in [2.24, 2.45) is 5.16 Å². The van der Waals surface area contributed by atoms with Gasteiger partial charge in [-0.2, -0.15) is 0 Å². The largest absolute Gasteiger partial charge is 0.411 e. The van der Waals surface area contributed by atoms with Crippen molar-refractivity contribution >= 4 is 30.0 Å². The third-order valence-corrected chi connectivity index (χ3v) is 1.66. The molecule has 1 aromatic heterocycles. The first kappa shape index (κ1) is 8.23. The van der Waals surface area contributed by atoms with E-state index in [2.05, 4.69) is 10.1 Å². The van der Waals surface area contributed by atoms with E-state index in [0.717, 1.165) is 0 Å². The Balaban J connectivity index is 3.23. The number of hydrogen-bond acceptors (Lipinski definition) is 3. The van der Waals surface area contributed by atoms with Crippen LogP contribution in [0.3, 0.4) is 0 Å². The van der Waals surface area contributed by atoms with Crippen LogP contribution in [0.5, 0.6) is 0 Å². The van der Waals surface area contributed by atoms with Gasteiger partial charge in [-0.05, 0) is 6.07 Å². The normalized spacial score (nSPS) is 10.6. The summed E-state index contributed by atoms with van der Waals surface area (Å²) in [4.78, 5) is 2.74. The highest BCUT2D eigenvalue weighted by molar-refractivity contribution is 7.71. The Morgan fingerprint density at radius 1 is 1.73 bits per heavy atom. The summed E-state index contributed by atoms with van der Waals surface area (Å²) < 4.78 is 0.546. The quantitative estimate of drug-likeness (QED) is 0.307. The number of rotatable bonds is 1. The Hall–Kier alpha value is -0.870. The van der Waals surface area contributed by atoms with E-state index in [9.17, 15) is 0 Å². The summed E-state index contributed by atoms with van der Waals surface area (Å²) in [5.41, 5.74) is 0.595. The van der Waals surface area contributed by atoms with Gasteiger partial charge in [0.2, 0.25) is 0 Å². The van der Waals surface area contributed by atoms with Gasteiger partial charge in [-0.25, -0.2) is 0 Å². The Morgan fingerprint density at radius 3 is 3.09 bits per heavy atom. The fraction of sp³-hybridized carbons (Fsp3) is 0. The lowest BCUT2D eigenvalue weighted by atomic mass is 10.3. The van der Waals surface area contributed by atoms with E-state index < -0.39 is 0 Å². The van der Waals surface area contributed by atoms with Gasteiger partial charge in [-0.1, -0.05) is 29.0 Å². The average Bonchev–Trinajstić information content (AvgIpc) is 1.98. The minimum absolute atomic E-state index is 0.469. The van der Waals surface area contributed by atoms with E-state index in [1.807, 2.05) is 0 Å². The highest BCUT2D eigenvalue weighted by atomic mass is 35.5. The molecule has 0 aliphatic carbocycles. The zero-order valence-electron chi connectivity index (χ0n) is 5.41. The van der Waals surface area contributed by atoms with E-state index >= 15 is 0 Å². The Bertz CT molecular complexity index is 334. The number of pyridine rings is 1. The zero-order chi connectivity index (χ0) is 8.27. The van der Waals surface area contributed by atoms with Crippen LogP contribution in [0.1, 0.15) is 5.56 Å². The maximum absolute atomic E-state index is 8.20. The van der Waals surface area contributed by atoms with Gasteiger partial charge >= 0.3 is 0 Å². The van der Waals surface area contributed by atoms with Gasteiger partial charge in [0.25, 0.3) is 0 Å². The maximum Gasteiger partial charge on any atom is 0.103 e. The van der Waals surface area contributed by atoms with Gasteiger partial charge in [-0.3, -0.25) is 0 Å². The third kappa shape index (κ3) is 2.03. The molecule has 1 aromatic rings. The predicted octanol–water partition coefficient (Wildman–Crippen LogP) is 2.21. The molecule has 0 aliphatic heterocycles. The zero-order valence-corrected chi connectivity index (χ0v) is 6.99. The smallest absolute Gasteiger partial charge is 0.103 e. The minimum atomic E-state index is 0.469. The van der Waals surface area contributed by atoms with Gasteiger partial charge in [0.1, 0.15) is 4.64 Å². The van der Waals surface area contributed by atoms with Crippen molar-refractivity contribution in [2.45, 2.75) is 0 Å². The van der Waals surface area contributed by atoms with Crippen molar-refractivity contribution in [1.29, 1.82) is 0 Å². The second-order valence-electron chi connectivity index (χ2n) is 1.85. The minimum Gasteiger partial charge on any atom is -0.411 e. The second-order valence-corrected chi connectivity index (χ2v) is 2.69. The molecular formula is C6H5ClN2OS. The molecule has 0 fully saturated rings. The molecule has 0 unspecified atom stereocenters. The number of H-pyrrole nitrogens is 1. The summed E-state index contributed by atoms with van der Waals surface area (Å²) in [5, 5.41) is 11.5. The summed E-state index contributed by atoms with van der Waals surface area (Å²) in [7, 11) is 0. The number of nitrogens with one attached hydrogen (secondary N) is 1. The Kier molecular flexibility index (Phi) is 2.62. The van der Waals surface area contributed by atoms with Gasteiger partial charge < -0.3 is 10.2 Å². The Morgan fingerprint density at radius 2 is 2.45 bits per heavy atom. The van der Waals surface area contributed by atoms with Crippen LogP contribution in [0.2, 0.25) is 5.02 Å². The lowest BCUT2D eigenvalue weighted by Crippen LogP contribution is -1.84. The number of aromatic amines is 1. The van der Waals surface area contributed by atoms with Crippen molar-refractivity contribution < 1.29 is 5.21 Å². The third-order valence-electron chi connectivity index (χ3n) is 1.10. The molecule has 0 aromatic carbocycles. The van der Waals surface area contributed by atoms with E-state index in [0.29, 0.717) is 15.2 Å². The van der Waals surface area contributed by atoms with E-state index in [1.165, 1.54) is 6.21 Å². The van der Waals surface area contributed by atoms with Crippen molar-refractivity contribution in [2.75, 3.05) is 0 Å². The van der Waals surface area contributed by atoms with E-state index in [-0.39, 0.29) is 0 Å². The molecule has 0 aliphatic rings. The highest BCUT2D eigenvalue weighted by Crippen LogP contribution is 2.11. The molecule has 0 radical (unpaired) electrons. The van der Waals surface area contributed by atoms with Crippen LogP contribution in [-0.4, -0.2) is 16.4 Å². The molecule has 0 spiro atoms. The summed E-state index contributed by atoms with van der Waals surface area (Å²) >= 11 is 10.5. The van der Waals surface area contributed by atoms with Crippen LogP contribution in [0.4, 0.5) is 0 Å². The highest BCUT2D eigenvalue weighted by Gasteiger charge is 1.94. The number of hydrogen-bond donors (Lipinski definition) is 2. The standard InChI is InChI=1S/C6H5ClN2OS/c7-5-3-8-6(11)1-4(5)2-9-10/h1-3,10H,(H,8,11). The maximum atomic E-state index is 8.20. The monoisotopic (exact) mass is 188 g/mol. The molecular weight excluding hydrogens is 184 g/mol. The van der Waals surface area contributed by atoms with E-state index in [4.69, 9.17) is 29.0 Å². The van der Waals surface area contributed by atoms with Crippen LogP contribution >= 0.6 is 23.8 Å². The lowest BCUT2D eigenvalue weighted by molar-refractivity contribution is 0.322. The van der Waals surface area contributed by atoms with Gasteiger partial charge in [0.05, 0.1) is 11.2 Å². The molecule has 0 saturated heterocycles. The predicted molar refractivity (Wildman–Crippen MR) is 46.0 cm³/mol. The molecule has 2 N–H and O–H groups in total. The first-order valence-electron chi connectivity index (χ1n) is 2.79. The van der Waals surface area contributed by atoms with Crippen molar-refractivity contribution in [3.05, 3.63) is 27.5 Å². The number of aromatic nitrogens is 1. The van der Waals surface area contributed by atoms with Crippen LogP contribution in [0.15, 0.2) is 17.4 Å². The summed E-state index contributed by atoms with van der Waals surface area (Å²) in [6.45, 7) is 0. The molecule has 0 amide bonds. The molecule has 5 heteroatoms. The first-order chi connectivity index (χ1) is 5.24. The Labute approximate surface area is 73.3 Å². The molecule has 1 heterocycles. The average molecular weight is 189 g/mol. The van der Waals surface area contributed by atoms with Gasteiger partial charge in [0, 0.05) is 11.8 Å². The summed E-state index contributed by atoms with van der Waals surface area (Å²) in [6, 6.07) is 1.61. The van der Waals surface area contributed by atoms with Crippen LogP contribution in [-0.2, 0) is 0 Å². The fourth-order valence-corrected chi connectivity index (χ4v) is 0.975. The summed E-state index contributed by atoms with van der Waals surface area (Å²) in [5.74, 6) is 0. The second kappa shape index (κ2) is 3.50.